The highest BCUT2D eigenvalue weighted by molar-refractivity contribution is 5.99. The summed E-state index contributed by atoms with van der Waals surface area (Å²) in [5.74, 6) is -7.12. The van der Waals surface area contributed by atoms with Crippen molar-refractivity contribution in [2.75, 3.05) is 25.9 Å². The van der Waals surface area contributed by atoms with Crippen molar-refractivity contribution in [3.63, 3.8) is 0 Å². The SMILES string of the molecule is C/C=C/C[C@H]1NC(=O)[C@H](CC(C)C)N2C(=O)[C@H](C[C@H](C)[C@@H]2O)N(C)C(=O)[C@H](C)NC(=O)[C@H](Cc2ccc([O-])c(N(O)O)c2)NC(=O)[C@H](CC(C)C)N(C)C(=O)[C@@H](Cc2cn(C(C)(C)[C@@H]3CO3)c3ccccc23)NC1=O. The lowest BCUT2D eigenvalue weighted by Gasteiger charge is -2.46. The molecule has 6 rings (SSSR count). The zero-order chi connectivity index (χ0) is 55.4. The van der Waals surface area contributed by atoms with Gasteiger partial charge in [-0.1, -0.05) is 82.9 Å². The van der Waals surface area contributed by atoms with Gasteiger partial charge in [0.1, 0.15) is 54.6 Å². The Labute approximate surface area is 438 Å². The zero-order valence-electron chi connectivity index (χ0n) is 44.9. The molecular weight excluding hydrogens is 967 g/mol. The molecule has 2 aromatic carbocycles. The van der Waals surface area contributed by atoms with Gasteiger partial charge in [0.05, 0.1) is 17.8 Å². The second-order valence-corrected chi connectivity index (χ2v) is 21.8. The fourth-order valence-electron chi connectivity index (χ4n) is 10.3. The van der Waals surface area contributed by atoms with Crippen LogP contribution in [0.5, 0.6) is 5.75 Å². The number of piperidine rings is 1. The van der Waals surface area contributed by atoms with E-state index < -0.39 is 113 Å². The molecule has 7 N–H and O–H groups in total. The van der Waals surface area contributed by atoms with Gasteiger partial charge in [-0.15, -0.1) is 5.23 Å². The molecular formula is C54H76N9O12-. The van der Waals surface area contributed by atoms with E-state index in [0.717, 1.165) is 32.8 Å². The molecule has 3 aliphatic heterocycles. The summed E-state index contributed by atoms with van der Waals surface area (Å²) in [6.45, 7) is 16.8. The number of ether oxygens (including phenoxy) is 1. The Balaban J connectivity index is 1.51. The predicted molar refractivity (Wildman–Crippen MR) is 276 cm³/mol. The number of benzene rings is 2. The number of carbonyl (C=O) groups excluding carboxylic acids is 7. The van der Waals surface area contributed by atoms with Gasteiger partial charge in [-0.25, -0.2) is 0 Å². The van der Waals surface area contributed by atoms with Crippen LogP contribution < -0.4 is 31.6 Å². The average molecular weight is 1040 g/mol. The van der Waals surface area contributed by atoms with Crippen molar-refractivity contribution >= 4 is 57.9 Å². The lowest BCUT2D eigenvalue weighted by atomic mass is 9.89. The van der Waals surface area contributed by atoms with E-state index in [1.54, 1.807) is 26.0 Å². The molecule has 0 radical (unpaired) electrons. The van der Waals surface area contributed by atoms with Crippen LogP contribution in [0.3, 0.4) is 0 Å². The largest absolute Gasteiger partial charge is 0.871 e. The Morgan fingerprint density at radius 1 is 0.787 bits per heavy atom. The molecule has 3 saturated heterocycles. The molecule has 0 saturated carbocycles. The summed E-state index contributed by atoms with van der Waals surface area (Å²) in [6, 6.07) is 1.85. The van der Waals surface area contributed by atoms with Gasteiger partial charge in [-0.3, -0.25) is 44.0 Å². The van der Waals surface area contributed by atoms with Crippen molar-refractivity contribution in [3.8, 4) is 5.75 Å². The fourth-order valence-corrected chi connectivity index (χ4v) is 10.3. The summed E-state index contributed by atoms with van der Waals surface area (Å²) < 4.78 is 7.84. The van der Waals surface area contributed by atoms with E-state index in [2.05, 4.69) is 25.8 Å². The van der Waals surface area contributed by atoms with Gasteiger partial charge in [-0.2, -0.15) is 0 Å². The van der Waals surface area contributed by atoms with E-state index in [0.29, 0.717) is 12.2 Å². The van der Waals surface area contributed by atoms with Gasteiger partial charge < -0.3 is 55.5 Å². The number of allylic oxidation sites excluding steroid dienone is 1. The second-order valence-electron chi connectivity index (χ2n) is 21.8. The Morgan fingerprint density at radius 2 is 1.39 bits per heavy atom. The molecule has 4 heterocycles. The molecule has 75 heavy (non-hydrogen) atoms. The maximum atomic E-state index is 15.4. The minimum atomic E-state index is -1.51. The number of nitrogens with zero attached hydrogens (tertiary/aromatic N) is 5. The number of likely N-dealkylation sites (N-methyl/N-ethyl adjacent to an activating group) is 2. The van der Waals surface area contributed by atoms with E-state index in [1.807, 2.05) is 72.0 Å². The first-order chi connectivity index (χ1) is 35.3. The molecule has 21 heteroatoms. The van der Waals surface area contributed by atoms with Gasteiger partial charge in [0.25, 0.3) is 0 Å². The van der Waals surface area contributed by atoms with Crippen LogP contribution in [0.2, 0.25) is 0 Å². The number of anilines is 1. The minimum Gasteiger partial charge on any atom is -0.871 e. The number of aliphatic hydroxyl groups excluding tert-OH is 1. The second kappa shape index (κ2) is 24.0. The van der Waals surface area contributed by atoms with Crippen LogP contribution >= 0.6 is 0 Å². The van der Waals surface area contributed by atoms with Gasteiger partial charge in [-0.05, 0) is 88.5 Å². The molecule has 3 fully saturated rings. The molecule has 2 bridgehead atoms. The van der Waals surface area contributed by atoms with Crippen LogP contribution in [0.25, 0.3) is 10.9 Å². The number of nitrogens with one attached hydrogen (secondary N) is 4. The van der Waals surface area contributed by atoms with E-state index in [4.69, 9.17) is 4.74 Å². The number of hydrogen-bond acceptors (Lipinski definition) is 13. The molecule has 1 aromatic heterocycles. The number of fused-ring (bicyclic) bond motifs is 3. The quantitative estimate of drug-likeness (QED) is 0.0737. The Bertz CT molecular complexity index is 2630. The van der Waals surface area contributed by atoms with Crippen LogP contribution in [0.15, 0.2) is 60.8 Å². The van der Waals surface area contributed by atoms with E-state index in [-0.39, 0.29) is 67.3 Å². The van der Waals surface area contributed by atoms with Gasteiger partial charge in [0.15, 0.2) is 0 Å². The van der Waals surface area contributed by atoms with Crippen LogP contribution in [0, 0.1) is 17.8 Å². The van der Waals surface area contributed by atoms with E-state index in [9.17, 15) is 49.4 Å². The Hall–Kier alpha value is -6.55. The number of aliphatic hydroxyl groups is 1. The van der Waals surface area contributed by atoms with Crippen molar-refractivity contribution in [2.24, 2.45) is 17.8 Å². The normalized spacial score (nSPS) is 27.1. The highest BCUT2D eigenvalue weighted by atomic mass is 16.8. The van der Waals surface area contributed by atoms with Crippen LogP contribution in [-0.2, 0) is 56.7 Å². The zero-order valence-corrected chi connectivity index (χ0v) is 44.9. The summed E-state index contributed by atoms with van der Waals surface area (Å²) >= 11 is 0. The first-order valence-electron chi connectivity index (χ1n) is 25.8. The van der Waals surface area contributed by atoms with Crippen LogP contribution in [0.1, 0.15) is 99.1 Å². The summed E-state index contributed by atoms with van der Waals surface area (Å²) in [5.41, 5.74) is 0.697. The molecule has 3 aromatic rings. The molecule has 10 atom stereocenters. The Kier molecular flexibility index (Phi) is 18.5. The molecule has 7 amide bonds. The number of epoxide rings is 1. The van der Waals surface area contributed by atoms with Crippen molar-refractivity contribution in [2.45, 2.75) is 161 Å². The summed E-state index contributed by atoms with van der Waals surface area (Å²) in [5, 5.41) is 55.6. The average Bonchev–Trinajstić information content (AvgIpc) is 4.16. The highest BCUT2D eigenvalue weighted by Crippen LogP contribution is 2.37. The van der Waals surface area contributed by atoms with E-state index >= 15 is 4.79 Å². The molecule has 21 nitrogen and oxygen atoms in total. The smallest absolute Gasteiger partial charge is 0.248 e. The maximum Gasteiger partial charge on any atom is 0.248 e. The third-order valence-electron chi connectivity index (χ3n) is 14.7. The number of carbonyl (C=O) groups is 7. The molecule has 0 aliphatic carbocycles. The van der Waals surface area contributed by atoms with Crippen LogP contribution in [0.4, 0.5) is 5.69 Å². The lowest BCUT2D eigenvalue weighted by Crippen LogP contribution is -2.66. The van der Waals surface area contributed by atoms with E-state index in [1.165, 1.54) is 32.0 Å². The van der Waals surface area contributed by atoms with Crippen molar-refractivity contribution in [1.29, 1.82) is 0 Å². The van der Waals surface area contributed by atoms with Crippen LogP contribution in [-0.4, -0.2) is 151 Å². The number of amides is 7. The first kappa shape index (κ1) is 57.7. The number of aromatic nitrogens is 1. The third kappa shape index (κ3) is 13.1. The third-order valence-corrected chi connectivity index (χ3v) is 14.7. The molecule has 410 valence electrons. The number of rotatable bonds is 13. The summed E-state index contributed by atoms with van der Waals surface area (Å²) in [4.78, 5) is 107. The van der Waals surface area contributed by atoms with Gasteiger partial charge in [0.2, 0.25) is 41.4 Å². The monoisotopic (exact) mass is 1040 g/mol. The standard InChI is InChI=1S/C54H77N9O12/c1-12-13-17-36-46(65)58-38(26-34-27-61(54(8,9)45-28-75-45)39-18-15-14-16-35(34)39)52(71)59(10)41(21-29(2)3)48(67)57-37(24-33-19-20-44(64)40(25-33)63(73)74)47(66)55-32(7)51(70)60(11)43-23-31(6)50(69)62(53(43)72)42(22-30(4)5)49(68)56-36/h12-16,18-20,25,27,29-32,36-38,41-43,45,50,64,69,73-74H,17,21-24,26,28H2,1-11H3,(H,55,66)(H,56,68)(H,57,67)(H,58,65)/p-1/b13-12+/t31-,32-,36+,37-,38+,41-,42-,43-,45-,50-/m0/s1. The highest BCUT2D eigenvalue weighted by Gasteiger charge is 2.48. The fraction of sp³-hybridized carbons (Fsp3) is 0.574. The molecule has 0 spiro atoms. The number of hydrogen-bond donors (Lipinski definition) is 7. The lowest BCUT2D eigenvalue weighted by molar-refractivity contribution is -0.268. The molecule has 3 aliphatic rings. The van der Waals surface area contributed by atoms with Crippen molar-refractivity contribution in [3.05, 3.63) is 71.9 Å². The van der Waals surface area contributed by atoms with Gasteiger partial charge >= 0.3 is 0 Å². The first-order valence-corrected chi connectivity index (χ1v) is 25.8. The summed E-state index contributed by atoms with van der Waals surface area (Å²) in [6.07, 6.45) is 3.43. The van der Waals surface area contributed by atoms with Crippen molar-refractivity contribution < 1.29 is 58.9 Å². The summed E-state index contributed by atoms with van der Waals surface area (Å²) in [7, 11) is 2.80. The minimum absolute atomic E-state index is 0.00406. The number of para-hydroxylation sites is 1. The van der Waals surface area contributed by atoms with Crippen molar-refractivity contribution in [1.82, 2.24) is 40.5 Å². The Morgan fingerprint density at radius 3 is 2.01 bits per heavy atom. The molecule has 0 unspecified atom stereocenters. The predicted octanol–water partition coefficient (Wildman–Crippen LogP) is 2.46. The van der Waals surface area contributed by atoms with Gasteiger partial charge in [0, 0.05) is 50.0 Å². The maximum absolute atomic E-state index is 15.4. The topological polar surface area (TPSA) is 282 Å².